The fourth-order valence-corrected chi connectivity index (χ4v) is 2.10. The van der Waals surface area contributed by atoms with Crippen molar-refractivity contribution in [1.82, 2.24) is 16.2 Å². The molecule has 0 aliphatic rings. The van der Waals surface area contributed by atoms with E-state index in [0.717, 1.165) is 24.1 Å². The van der Waals surface area contributed by atoms with Crippen LogP contribution in [0.1, 0.15) is 34.8 Å². The Kier molecular flexibility index (Phi) is 7.41. The van der Waals surface area contributed by atoms with Gasteiger partial charge in [-0.2, -0.15) is 0 Å². The summed E-state index contributed by atoms with van der Waals surface area (Å²) in [6.07, 6.45) is 4.22. The summed E-state index contributed by atoms with van der Waals surface area (Å²) in [6.45, 7) is 3.16. The van der Waals surface area contributed by atoms with Crippen LogP contribution in [0.5, 0.6) is 0 Å². The molecule has 0 bridgehead atoms. The van der Waals surface area contributed by atoms with Crippen LogP contribution in [0.3, 0.4) is 0 Å². The average molecular weight is 337 g/mol. The number of benzene rings is 2. The summed E-state index contributed by atoms with van der Waals surface area (Å²) < 4.78 is 0. The molecule has 130 valence electrons. The van der Waals surface area contributed by atoms with Crippen molar-refractivity contribution in [2.24, 2.45) is 0 Å². The zero-order valence-corrected chi connectivity index (χ0v) is 14.3. The standard InChI is InChI=1S/C20H23N3O2/c1-2-14-22-23-20(25)18-11-8-17(9-12-18)15-21-19(24)13-10-16-6-4-3-5-7-16/h3-13,22H,2,14-15H2,1H3,(H,21,24)(H,23,25). The summed E-state index contributed by atoms with van der Waals surface area (Å²) in [6, 6.07) is 16.8. The molecule has 3 N–H and O–H groups in total. The molecule has 2 aromatic carbocycles. The topological polar surface area (TPSA) is 70.2 Å². The molecule has 0 spiro atoms. The summed E-state index contributed by atoms with van der Waals surface area (Å²) in [5.41, 5.74) is 7.96. The van der Waals surface area contributed by atoms with E-state index in [2.05, 4.69) is 16.2 Å². The number of hydrogen-bond donors (Lipinski definition) is 3. The minimum Gasteiger partial charge on any atom is -0.348 e. The van der Waals surface area contributed by atoms with Crippen LogP contribution >= 0.6 is 0 Å². The number of amides is 2. The molecule has 0 aliphatic heterocycles. The maximum Gasteiger partial charge on any atom is 0.265 e. The molecule has 2 amide bonds. The summed E-state index contributed by atoms with van der Waals surface area (Å²) in [7, 11) is 0. The third-order valence-corrected chi connectivity index (χ3v) is 3.49. The van der Waals surface area contributed by atoms with E-state index in [1.54, 1.807) is 18.2 Å². The van der Waals surface area contributed by atoms with Crippen LogP contribution in [-0.2, 0) is 11.3 Å². The Morgan fingerprint density at radius 2 is 1.72 bits per heavy atom. The Bertz CT molecular complexity index is 709. The van der Waals surface area contributed by atoms with Gasteiger partial charge in [0.25, 0.3) is 5.91 Å². The minimum atomic E-state index is -0.171. The smallest absolute Gasteiger partial charge is 0.265 e. The van der Waals surface area contributed by atoms with Gasteiger partial charge >= 0.3 is 0 Å². The van der Waals surface area contributed by atoms with Gasteiger partial charge in [0.15, 0.2) is 0 Å². The number of nitrogens with one attached hydrogen (secondary N) is 3. The predicted molar refractivity (Wildman–Crippen MR) is 99.5 cm³/mol. The second-order valence-corrected chi connectivity index (χ2v) is 5.54. The highest BCUT2D eigenvalue weighted by molar-refractivity contribution is 5.94. The molecule has 0 aromatic heterocycles. The summed E-state index contributed by atoms with van der Waals surface area (Å²) in [4.78, 5) is 23.7. The fourth-order valence-electron chi connectivity index (χ4n) is 2.10. The molecule has 0 atom stereocenters. The maximum atomic E-state index is 11.9. The van der Waals surface area contributed by atoms with Crippen LogP contribution in [-0.4, -0.2) is 18.4 Å². The lowest BCUT2D eigenvalue weighted by Crippen LogP contribution is -2.37. The number of hydrogen-bond acceptors (Lipinski definition) is 3. The SMILES string of the molecule is CCCNNC(=O)c1ccc(CNC(=O)C=Cc2ccccc2)cc1. The first-order valence-electron chi connectivity index (χ1n) is 8.32. The van der Waals surface area contributed by atoms with Crippen molar-refractivity contribution in [3.05, 3.63) is 77.4 Å². The largest absolute Gasteiger partial charge is 0.348 e. The maximum absolute atomic E-state index is 11.9. The zero-order valence-electron chi connectivity index (χ0n) is 14.3. The van der Waals surface area contributed by atoms with E-state index in [9.17, 15) is 9.59 Å². The normalized spacial score (nSPS) is 10.6. The molecule has 0 unspecified atom stereocenters. The van der Waals surface area contributed by atoms with E-state index in [-0.39, 0.29) is 11.8 Å². The Balaban J connectivity index is 1.80. The van der Waals surface area contributed by atoms with E-state index >= 15 is 0 Å². The first kappa shape index (κ1) is 18.4. The monoisotopic (exact) mass is 337 g/mol. The van der Waals surface area contributed by atoms with E-state index < -0.39 is 0 Å². The molecule has 2 rings (SSSR count). The highest BCUT2D eigenvalue weighted by atomic mass is 16.2. The van der Waals surface area contributed by atoms with Crippen LogP contribution in [0.25, 0.3) is 6.08 Å². The van der Waals surface area contributed by atoms with Crippen molar-refractivity contribution in [1.29, 1.82) is 0 Å². The molecule has 0 heterocycles. The molecular weight excluding hydrogens is 314 g/mol. The molecule has 0 saturated carbocycles. The molecule has 25 heavy (non-hydrogen) atoms. The molecule has 2 aromatic rings. The Hall–Kier alpha value is -2.92. The van der Waals surface area contributed by atoms with Crippen molar-refractivity contribution in [2.75, 3.05) is 6.54 Å². The van der Waals surface area contributed by atoms with Gasteiger partial charge in [-0.1, -0.05) is 49.4 Å². The number of rotatable bonds is 8. The lowest BCUT2D eigenvalue weighted by atomic mass is 10.1. The molecular formula is C20H23N3O2. The van der Waals surface area contributed by atoms with Crippen molar-refractivity contribution < 1.29 is 9.59 Å². The Morgan fingerprint density at radius 3 is 2.40 bits per heavy atom. The van der Waals surface area contributed by atoms with Gasteiger partial charge in [0.1, 0.15) is 0 Å². The lowest BCUT2D eigenvalue weighted by molar-refractivity contribution is -0.116. The second-order valence-electron chi connectivity index (χ2n) is 5.54. The van der Waals surface area contributed by atoms with E-state index in [0.29, 0.717) is 12.1 Å². The summed E-state index contributed by atoms with van der Waals surface area (Å²) >= 11 is 0. The molecule has 0 aliphatic carbocycles. The quantitative estimate of drug-likeness (QED) is 0.394. The third kappa shape index (κ3) is 6.61. The number of carbonyl (C=O) groups excluding carboxylic acids is 2. The van der Waals surface area contributed by atoms with Crippen LogP contribution in [0.2, 0.25) is 0 Å². The highest BCUT2D eigenvalue weighted by Crippen LogP contribution is 2.05. The first-order chi connectivity index (χ1) is 12.2. The summed E-state index contributed by atoms with van der Waals surface area (Å²) in [5, 5.41) is 2.82. The van der Waals surface area contributed by atoms with Gasteiger partial charge in [0.2, 0.25) is 5.91 Å². The van der Waals surface area contributed by atoms with Gasteiger partial charge in [-0.25, -0.2) is 5.43 Å². The van der Waals surface area contributed by atoms with Crippen molar-refractivity contribution in [3.63, 3.8) is 0 Å². The number of carbonyl (C=O) groups is 2. The van der Waals surface area contributed by atoms with Crippen LogP contribution in [0.4, 0.5) is 0 Å². The number of hydrazine groups is 1. The van der Waals surface area contributed by atoms with Gasteiger partial charge in [0, 0.05) is 24.7 Å². The van der Waals surface area contributed by atoms with E-state index in [1.807, 2.05) is 49.4 Å². The zero-order chi connectivity index (χ0) is 17.9. The van der Waals surface area contributed by atoms with E-state index in [4.69, 9.17) is 0 Å². The predicted octanol–water partition coefficient (Wildman–Crippen LogP) is 2.66. The average Bonchev–Trinajstić information content (AvgIpc) is 2.66. The van der Waals surface area contributed by atoms with Crippen LogP contribution in [0, 0.1) is 0 Å². The second kappa shape index (κ2) is 10.1. The molecule has 0 fully saturated rings. The lowest BCUT2D eigenvalue weighted by Gasteiger charge is -2.07. The van der Waals surface area contributed by atoms with Crippen LogP contribution in [0.15, 0.2) is 60.7 Å². The van der Waals surface area contributed by atoms with Gasteiger partial charge in [-0.05, 0) is 35.8 Å². The van der Waals surface area contributed by atoms with Gasteiger partial charge in [-0.15, -0.1) is 0 Å². The van der Waals surface area contributed by atoms with Crippen molar-refractivity contribution >= 4 is 17.9 Å². The van der Waals surface area contributed by atoms with Gasteiger partial charge in [-0.3, -0.25) is 15.0 Å². The highest BCUT2D eigenvalue weighted by Gasteiger charge is 2.04. The molecule has 5 nitrogen and oxygen atoms in total. The fraction of sp³-hybridized carbons (Fsp3) is 0.200. The van der Waals surface area contributed by atoms with Crippen molar-refractivity contribution in [2.45, 2.75) is 19.9 Å². The molecule has 5 heteroatoms. The van der Waals surface area contributed by atoms with Crippen LogP contribution < -0.4 is 16.2 Å². The Morgan fingerprint density at radius 1 is 1.00 bits per heavy atom. The molecule has 0 radical (unpaired) electrons. The van der Waals surface area contributed by atoms with Gasteiger partial charge < -0.3 is 5.32 Å². The van der Waals surface area contributed by atoms with E-state index in [1.165, 1.54) is 6.08 Å². The first-order valence-corrected chi connectivity index (χ1v) is 8.32. The Labute approximate surface area is 148 Å². The molecule has 0 saturated heterocycles. The van der Waals surface area contributed by atoms with Gasteiger partial charge in [0.05, 0.1) is 0 Å². The summed E-state index contributed by atoms with van der Waals surface area (Å²) in [5.74, 6) is -0.329. The van der Waals surface area contributed by atoms with Crippen molar-refractivity contribution in [3.8, 4) is 0 Å². The third-order valence-electron chi connectivity index (χ3n) is 3.49. The minimum absolute atomic E-state index is 0.158.